The molecule has 100 valence electrons. The lowest BCUT2D eigenvalue weighted by Gasteiger charge is -2.27. The van der Waals surface area contributed by atoms with Crippen LogP contribution >= 0.6 is 15.9 Å². The highest BCUT2D eigenvalue weighted by Gasteiger charge is 2.25. The molecule has 1 aromatic carbocycles. The van der Waals surface area contributed by atoms with Crippen LogP contribution < -0.4 is 0 Å². The first-order valence-electron chi connectivity index (χ1n) is 6.98. The minimum atomic E-state index is -0.384. The van der Waals surface area contributed by atoms with Crippen molar-refractivity contribution >= 4 is 26.8 Å². The standard InChI is InChI=1S/C16H18BrNO/c17-14-9-8-13(15-12(14)7-4-10-18-15)16(19)11-5-2-1-3-6-11/h4,7-11,16,19H,1-3,5-6H2. The quantitative estimate of drug-likeness (QED) is 0.876. The van der Waals surface area contributed by atoms with E-state index in [1.807, 2.05) is 24.3 Å². The fourth-order valence-electron chi connectivity index (χ4n) is 3.10. The van der Waals surface area contributed by atoms with Gasteiger partial charge in [0.05, 0.1) is 11.6 Å². The maximum atomic E-state index is 10.7. The molecule has 1 atom stereocenters. The highest BCUT2D eigenvalue weighted by molar-refractivity contribution is 9.10. The molecule has 3 heteroatoms. The van der Waals surface area contributed by atoms with E-state index in [0.29, 0.717) is 5.92 Å². The lowest BCUT2D eigenvalue weighted by Crippen LogP contribution is -2.16. The summed E-state index contributed by atoms with van der Waals surface area (Å²) in [5.41, 5.74) is 1.90. The molecular weight excluding hydrogens is 302 g/mol. The highest BCUT2D eigenvalue weighted by Crippen LogP contribution is 2.37. The third kappa shape index (κ3) is 2.54. The summed E-state index contributed by atoms with van der Waals surface area (Å²) in [4.78, 5) is 4.47. The largest absolute Gasteiger partial charge is 0.388 e. The Morgan fingerprint density at radius 1 is 1.16 bits per heavy atom. The Bertz CT molecular complexity index is 578. The van der Waals surface area contributed by atoms with E-state index in [0.717, 1.165) is 33.8 Å². The van der Waals surface area contributed by atoms with Gasteiger partial charge in [-0.15, -0.1) is 0 Å². The second-order valence-corrected chi connectivity index (χ2v) is 6.23. The van der Waals surface area contributed by atoms with Crippen molar-refractivity contribution in [1.29, 1.82) is 0 Å². The Labute approximate surface area is 122 Å². The monoisotopic (exact) mass is 319 g/mol. The third-order valence-corrected chi connectivity index (χ3v) is 4.85. The molecule has 0 spiro atoms. The molecule has 0 radical (unpaired) electrons. The number of hydrogen-bond acceptors (Lipinski definition) is 2. The number of aliphatic hydroxyl groups is 1. The van der Waals surface area contributed by atoms with Crippen molar-refractivity contribution < 1.29 is 5.11 Å². The molecular formula is C16H18BrNO. The molecule has 1 unspecified atom stereocenters. The van der Waals surface area contributed by atoms with Gasteiger partial charge in [0.2, 0.25) is 0 Å². The van der Waals surface area contributed by atoms with Gasteiger partial charge in [0, 0.05) is 21.6 Å². The van der Waals surface area contributed by atoms with E-state index >= 15 is 0 Å². The zero-order valence-electron chi connectivity index (χ0n) is 10.8. The van der Waals surface area contributed by atoms with Gasteiger partial charge in [-0.05, 0) is 30.9 Å². The summed E-state index contributed by atoms with van der Waals surface area (Å²) in [6.45, 7) is 0. The number of fused-ring (bicyclic) bond motifs is 1. The molecule has 1 aliphatic carbocycles. The van der Waals surface area contributed by atoms with Gasteiger partial charge in [-0.1, -0.05) is 47.3 Å². The number of nitrogens with zero attached hydrogens (tertiary/aromatic N) is 1. The van der Waals surface area contributed by atoms with Crippen molar-refractivity contribution in [3.8, 4) is 0 Å². The van der Waals surface area contributed by atoms with Gasteiger partial charge in [-0.2, -0.15) is 0 Å². The Kier molecular flexibility index (Phi) is 3.85. The second kappa shape index (κ2) is 5.59. The van der Waals surface area contributed by atoms with Crippen LogP contribution in [-0.2, 0) is 0 Å². The van der Waals surface area contributed by atoms with Crippen molar-refractivity contribution in [2.45, 2.75) is 38.2 Å². The van der Waals surface area contributed by atoms with E-state index in [-0.39, 0.29) is 6.10 Å². The number of hydrogen-bond donors (Lipinski definition) is 1. The average Bonchev–Trinajstić information content (AvgIpc) is 2.48. The molecule has 3 rings (SSSR count). The fraction of sp³-hybridized carbons (Fsp3) is 0.438. The Balaban J connectivity index is 2.02. The summed E-state index contributed by atoms with van der Waals surface area (Å²) >= 11 is 3.55. The van der Waals surface area contributed by atoms with E-state index in [4.69, 9.17) is 0 Å². The molecule has 1 heterocycles. The molecule has 0 saturated heterocycles. The van der Waals surface area contributed by atoms with E-state index in [2.05, 4.69) is 20.9 Å². The lowest BCUT2D eigenvalue weighted by atomic mass is 9.82. The highest BCUT2D eigenvalue weighted by atomic mass is 79.9. The van der Waals surface area contributed by atoms with Crippen LogP contribution in [-0.4, -0.2) is 10.1 Å². The molecule has 1 aliphatic rings. The zero-order valence-corrected chi connectivity index (χ0v) is 12.4. The van der Waals surface area contributed by atoms with Crippen LogP contribution in [0.4, 0.5) is 0 Å². The smallest absolute Gasteiger partial charge is 0.0839 e. The predicted octanol–water partition coefficient (Wildman–Crippen LogP) is 4.61. The van der Waals surface area contributed by atoms with E-state index in [1.165, 1.54) is 19.3 Å². The van der Waals surface area contributed by atoms with Crippen LogP contribution in [0.5, 0.6) is 0 Å². The minimum absolute atomic E-state index is 0.384. The second-order valence-electron chi connectivity index (χ2n) is 5.38. The number of aromatic nitrogens is 1. The van der Waals surface area contributed by atoms with Gasteiger partial charge in [0.15, 0.2) is 0 Å². The molecule has 2 nitrogen and oxygen atoms in total. The van der Waals surface area contributed by atoms with Gasteiger partial charge in [0.25, 0.3) is 0 Å². The van der Waals surface area contributed by atoms with Gasteiger partial charge in [0.1, 0.15) is 0 Å². The normalized spacial score (nSPS) is 18.6. The maximum absolute atomic E-state index is 10.7. The number of benzene rings is 1. The van der Waals surface area contributed by atoms with Crippen LogP contribution in [0.3, 0.4) is 0 Å². The molecule has 0 amide bonds. The molecule has 2 aromatic rings. The van der Waals surface area contributed by atoms with E-state index < -0.39 is 0 Å². The number of pyridine rings is 1. The summed E-state index contributed by atoms with van der Waals surface area (Å²) in [5, 5.41) is 11.8. The first kappa shape index (κ1) is 13.1. The Morgan fingerprint density at radius 2 is 1.95 bits per heavy atom. The zero-order chi connectivity index (χ0) is 13.2. The van der Waals surface area contributed by atoms with Gasteiger partial charge in [-0.25, -0.2) is 0 Å². The van der Waals surface area contributed by atoms with Crippen molar-refractivity contribution in [2.24, 2.45) is 5.92 Å². The number of halogens is 1. The predicted molar refractivity (Wildman–Crippen MR) is 81.0 cm³/mol. The Morgan fingerprint density at radius 3 is 2.74 bits per heavy atom. The van der Waals surface area contributed by atoms with E-state index in [1.54, 1.807) is 6.20 Å². The van der Waals surface area contributed by atoms with Crippen LogP contribution in [0.15, 0.2) is 34.9 Å². The SMILES string of the molecule is OC(c1ccc(Br)c2cccnc12)C1CCCCC1. The average molecular weight is 320 g/mol. The third-order valence-electron chi connectivity index (χ3n) is 4.16. The lowest BCUT2D eigenvalue weighted by molar-refractivity contribution is 0.0859. The maximum Gasteiger partial charge on any atom is 0.0839 e. The molecule has 1 saturated carbocycles. The summed E-state index contributed by atoms with van der Waals surface area (Å²) in [5.74, 6) is 0.389. The van der Waals surface area contributed by atoms with Crippen LogP contribution in [0, 0.1) is 5.92 Å². The van der Waals surface area contributed by atoms with Crippen LogP contribution in [0.2, 0.25) is 0 Å². The number of rotatable bonds is 2. The summed E-state index contributed by atoms with van der Waals surface area (Å²) in [7, 11) is 0. The first-order chi connectivity index (χ1) is 9.27. The number of aliphatic hydroxyl groups excluding tert-OH is 1. The van der Waals surface area contributed by atoms with E-state index in [9.17, 15) is 5.11 Å². The van der Waals surface area contributed by atoms with Crippen molar-refractivity contribution in [2.75, 3.05) is 0 Å². The summed E-state index contributed by atoms with van der Waals surface area (Å²) in [6.07, 6.45) is 7.46. The van der Waals surface area contributed by atoms with Crippen molar-refractivity contribution in [3.63, 3.8) is 0 Å². The van der Waals surface area contributed by atoms with Gasteiger partial charge in [-0.3, -0.25) is 4.98 Å². The molecule has 0 aliphatic heterocycles. The van der Waals surface area contributed by atoms with Crippen LogP contribution in [0.25, 0.3) is 10.9 Å². The molecule has 1 N–H and O–H groups in total. The molecule has 0 bridgehead atoms. The summed E-state index contributed by atoms with van der Waals surface area (Å²) < 4.78 is 1.04. The summed E-state index contributed by atoms with van der Waals surface area (Å²) in [6, 6.07) is 8.01. The Hall–Kier alpha value is -0.930. The van der Waals surface area contributed by atoms with Crippen molar-refractivity contribution in [1.82, 2.24) is 4.98 Å². The fourth-order valence-corrected chi connectivity index (χ4v) is 3.55. The topological polar surface area (TPSA) is 33.1 Å². The van der Waals surface area contributed by atoms with Gasteiger partial charge < -0.3 is 5.11 Å². The first-order valence-corrected chi connectivity index (χ1v) is 7.78. The minimum Gasteiger partial charge on any atom is -0.388 e. The molecule has 1 aromatic heterocycles. The molecule has 19 heavy (non-hydrogen) atoms. The molecule has 1 fully saturated rings. The van der Waals surface area contributed by atoms with Crippen LogP contribution in [0.1, 0.15) is 43.8 Å². The van der Waals surface area contributed by atoms with Crippen molar-refractivity contribution in [3.05, 3.63) is 40.5 Å². The van der Waals surface area contributed by atoms with Gasteiger partial charge >= 0.3 is 0 Å².